The van der Waals surface area contributed by atoms with Crippen LogP contribution < -0.4 is 5.32 Å². The van der Waals surface area contributed by atoms with E-state index in [1.54, 1.807) is 53.3 Å². The van der Waals surface area contributed by atoms with Crippen LogP contribution in [0, 0.1) is 12.7 Å². The van der Waals surface area contributed by atoms with Crippen molar-refractivity contribution in [2.75, 3.05) is 5.32 Å². The van der Waals surface area contributed by atoms with Crippen molar-refractivity contribution in [3.05, 3.63) is 108 Å². The third-order valence-electron chi connectivity index (χ3n) is 5.77. The summed E-state index contributed by atoms with van der Waals surface area (Å²) in [4.78, 5) is 17.9. The Balaban J connectivity index is 1.56. The van der Waals surface area contributed by atoms with E-state index in [2.05, 4.69) is 15.4 Å². The average molecular weight is 490 g/mol. The number of benzene rings is 3. The molecule has 0 aliphatic rings. The summed E-state index contributed by atoms with van der Waals surface area (Å²) in [6.07, 6.45) is -2.93. The summed E-state index contributed by atoms with van der Waals surface area (Å²) in [6, 6.07) is 18.9. The molecule has 0 atom stereocenters. The number of halogens is 4. The van der Waals surface area contributed by atoms with Crippen LogP contribution in [0.2, 0.25) is 0 Å². The van der Waals surface area contributed by atoms with E-state index in [0.29, 0.717) is 33.5 Å². The molecule has 0 unspecified atom stereocenters. The third kappa shape index (κ3) is 4.43. The SMILES string of the molecule is Cc1c(-c2cc(C(=O)Nc3cccc(C(F)(F)F)c3)c3ccccc3n2)cnn1-c1ccc(F)cc1. The molecule has 9 heteroatoms. The van der Waals surface area contributed by atoms with Crippen LogP contribution in [0.25, 0.3) is 27.8 Å². The number of anilines is 1. The third-order valence-corrected chi connectivity index (χ3v) is 5.77. The highest BCUT2D eigenvalue weighted by molar-refractivity contribution is 6.13. The lowest BCUT2D eigenvalue weighted by Gasteiger charge is -2.12. The minimum absolute atomic E-state index is 0.0255. The smallest absolute Gasteiger partial charge is 0.322 e. The summed E-state index contributed by atoms with van der Waals surface area (Å²) in [5, 5.41) is 7.51. The average Bonchev–Trinajstić information content (AvgIpc) is 3.24. The largest absolute Gasteiger partial charge is 0.416 e. The van der Waals surface area contributed by atoms with Crippen LogP contribution in [-0.2, 0) is 6.18 Å². The molecule has 5 nitrogen and oxygen atoms in total. The van der Waals surface area contributed by atoms with Gasteiger partial charge in [0.2, 0.25) is 0 Å². The lowest BCUT2D eigenvalue weighted by Crippen LogP contribution is -2.14. The maximum atomic E-state index is 13.3. The highest BCUT2D eigenvalue weighted by atomic mass is 19.4. The van der Waals surface area contributed by atoms with Crippen LogP contribution in [0.1, 0.15) is 21.6 Å². The van der Waals surface area contributed by atoms with E-state index in [1.807, 2.05) is 6.92 Å². The lowest BCUT2D eigenvalue weighted by molar-refractivity contribution is -0.137. The van der Waals surface area contributed by atoms with Crippen LogP contribution in [0.5, 0.6) is 0 Å². The van der Waals surface area contributed by atoms with E-state index >= 15 is 0 Å². The lowest BCUT2D eigenvalue weighted by atomic mass is 10.0. The number of amides is 1. The zero-order valence-electron chi connectivity index (χ0n) is 18.8. The van der Waals surface area contributed by atoms with Gasteiger partial charge in [0.15, 0.2) is 0 Å². The van der Waals surface area contributed by atoms with E-state index in [0.717, 1.165) is 12.1 Å². The fraction of sp³-hybridized carbons (Fsp3) is 0.0741. The molecule has 0 saturated carbocycles. The maximum Gasteiger partial charge on any atom is 0.416 e. The highest BCUT2D eigenvalue weighted by Gasteiger charge is 2.30. The van der Waals surface area contributed by atoms with Crippen molar-refractivity contribution in [3.8, 4) is 16.9 Å². The van der Waals surface area contributed by atoms with E-state index in [1.165, 1.54) is 24.3 Å². The first-order valence-corrected chi connectivity index (χ1v) is 10.9. The van der Waals surface area contributed by atoms with Gasteiger partial charge in [0.05, 0.1) is 39.9 Å². The number of rotatable bonds is 4. The van der Waals surface area contributed by atoms with Crippen molar-refractivity contribution < 1.29 is 22.4 Å². The maximum absolute atomic E-state index is 13.3. The minimum Gasteiger partial charge on any atom is -0.322 e. The van der Waals surface area contributed by atoms with Crippen molar-refractivity contribution in [3.63, 3.8) is 0 Å². The predicted octanol–water partition coefficient (Wildman–Crippen LogP) is 6.81. The first kappa shape index (κ1) is 23.2. The van der Waals surface area contributed by atoms with E-state index < -0.39 is 17.6 Å². The molecule has 5 aromatic rings. The number of pyridine rings is 1. The van der Waals surface area contributed by atoms with Gasteiger partial charge in [0, 0.05) is 16.6 Å². The number of carbonyl (C=O) groups excluding carboxylic acids is 1. The number of alkyl halides is 3. The second kappa shape index (κ2) is 8.92. The molecule has 3 aromatic carbocycles. The second-order valence-corrected chi connectivity index (χ2v) is 8.14. The Labute approximate surface area is 203 Å². The fourth-order valence-electron chi connectivity index (χ4n) is 3.98. The Morgan fingerprint density at radius 3 is 2.44 bits per heavy atom. The van der Waals surface area contributed by atoms with E-state index in [-0.39, 0.29) is 17.1 Å². The molecule has 0 bridgehead atoms. The zero-order chi connectivity index (χ0) is 25.4. The van der Waals surface area contributed by atoms with Crippen LogP contribution >= 0.6 is 0 Å². The molecule has 0 fully saturated rings. The van der Waals surface area contributed by atoms with Gasteiger partial charge in [0.25, 0.3) is 5.91 Å². The van der Waals surface area contributed by atoms with Crippen LogP contribution in [0.4, 0.5) is 23.2 Å². The minimum atomic E-state index is -4.53. The summed E-state index contributed by atoms with van der Waals surface area (Å²) in [7, 11) is 0. The molecule has 2 aromatic heterocycles. The van der Waals surface area contributed by atoms with Gasteiger partial charge in [-0.15, -0.1) is 0 Å². The summed E-state index contributed by atoms with van der Waals surface area (Å²) in [5.74, 6) is -0.936. The van der Waals surface area contributed by atoms with E-state index in [9.17, 15) is 22.4 Å². The number of hydrogen-bond acceptors (Lipinski definition) is 3. The molecular formula is C27H18F4N4O. The molecule has 0 spiro atoms. The van der Waals surface area contributed by atoms with Crippen LogP contribution in [-0.4, -0.2) is 20.7 Å². The number of hydrogen-bond donors (Lipinski definition) is 1. The van der Waals surface area contributed by atoms with Crippen molar-refractivity contribution in [2.45, 2.75) is 13.1 Å². The highest BCUT2D eigenvalue weighted by Crippen LogP contribution is 2.32. The topological polar surface area (TPSA) is 59.8 Å². The number of fused-ring (bicyclic) bond motifs is 1. The predicted molar refractivity (Wildman–Crippen MR) is 128 cm³/mol. The van der Waals surface area contributed by atoms with Crippen LogP contribution in [0.15, 0.2) is 85.1 Å². The molecular weight excluding hydrogens is 472 g/mol. The second-order valence-electron chi connectivity index (χ2n) is 8.14. The van der Waals surface area contributed by atoms with Gasteiger partial charge in [-0.05, 0) is 61.5 Å². The molecule has 1 N–H and O–H groups in total. The van der Waals surface area contributed by atoms with Gasteiger partial charge >= 0.3 is 6.18 Å². The van der Waals surface area contributed by atoms with Gasteiger partial charge in [-0.3, -0.25) is 4.79 Å². The Kier molecular flexibility index (Phi) is 5.75. The summed E-state index contributed by atoms with van der Waals surface area (Å²) in [5.41, 5.74) is 2.45. The molecule has 0 radical (unpaired) electrons. The monoisotopic (exact) mass is 490 g/mol. The molecule has 36 heavy (non-hydrogen) atoms. The van der Waals surface area contributed by atoms with Gasteiger partial charge in [-0.25, -0.2) is 14.1 Å². The van der Waals surface area contributed by atoms with Crippen molar-refractivity contribution in [1.29, 1.82) is 0 Å². The normalized spacial score (nSPS) is 11.6. The number of carbonyl (C=O) groups is 1. The molecule has 0 saturated heterocycles. The first-order valence-electron chi connectivity index (χ1n) is 10.9. The van der Waals surface area contributed by atoms with Gasteiger partial charge < -0.3 is 5.32 Å². The number of nitrogens with zero attached hydrogens (tertiary/aromatic N) is 3. The summed E-state index contributed by atoms with van der Waals surface area (Å²) in [6.45, 7) is 1.82. The summed E-state index contributed by atoms with van der Waals surface area (Å²) >= 11 is 0. The van der Waals surface area contributed by atoms with Gasteiger partial charge in [-0.1, -0.05) is 24.3 Å². The molecule has 5 rings (SSSR count). The van der Waals surface area contributed by atoms with Gasteiger partial charge in [-0.2, -0.15) is 18.3 Å². The summed E-state index contributed by atoms with van der Waals surface area (Å²) < 4.78 is 54.3. The van der Waals surface area contributed by atoms with E-state index in [4.69, 9.17) is 0 Å². The first-order chi connectivity index (χ1) is 17.2. The molecule has 2 heterocycles. The van der Waals surface area contributed by atoms with Crippen molar-refractivity contribution in [1.82, 2.24) is 14.8 Å². The van der Waals surface area contributed by atoms with Gasteiger partial charge in [0.1, 0.15) is 5.82 Å². The Morgan fingerprint density at radius 2 is 1.69 bits per heavy atom. The number of para-hydroxylation sites is 1. The standard InChI is InChI=1S/C27H18F4N4O/c1-16-23(15-32-35(16)20-11-9-18(28)10-12-20)25-14-22(21-7-2-3-8-24(21)34-25)26(36)33-19-6-4-5-17(13-19)27(29,30)31/h2-15H,1H3,(H,33,36). The zero-order valence-corrected chi connectivity index (χ0v) is 18.8. The molecule has 1 amide bonds. The van der Waals surface area contributed by atoms with Crippen molar-refractivity contribution >= 4 is 22.5 Å². The quantitative estimate of drug-likeness (QED) is 0.282. The molecule has 180 valence electrons. The number of nitrogens with one attached hydrogen (secondary N) is 1. The van der Waals surface area contributed by atoms with Crippen LogP contribution in [0.3, 0.4) is 0 Å². The Bertz CT molecular complexity index is 1590. The molecule has 0 aliphatic heterocycles. The fourth-order valence-corrected chi connectivity index (χ4v) is 3.98. The Hall–Kier alpha value is -4.53. The Morgan fingerprint density at radius 1 is 0.944 bits per heavy atom. The molecule has 0 aliphatic carbocycles. The van der Waals surface area contributed by atoms with Crippen molar-refractivity contribution in [2.24, 2.45) is 0 Å². The number of aromatic nitrogens is 3.